The third-order valence-corrected chi connectivity index (χ3v) is 8.92. The number of nitrogens with one attached hydrogen (secondary N) is 3. The zero-order chi connectivity index (χ0) is 38.5. The van der Waals surface area contributed by atoms with E-state index in [4.69, 9.17) is 18.9 Å². The van der Waals surface area contributed by atoms with E-state index in [2.05, 4.69) is 16.0 Å². The molecule has 5 N–H and O–H groups in total. The van der Waals surface area contributed by atoms with Gasteiger partial charge in [0.05, 0.1) is 31.9 Å². The first-order chi connectivity index (χ1) is 24.5. The van der Waals surface area contributed by atoms with Gasteiger partial charge in [0.25, 0.3) is 11.7 Å². The number of carboxylic acid groups (broad SMARTS) is 1. The van der Waals surface area contributed by atoms with Gasteiger partial charge >= 0.3 is 41.6 Å². The van der Waals surface area contributed by atoms with Gasteiger partial charge in [-0.3, -0.25) is 9.59 Å². The number of methoxy groups -OCH3 is 1. The zero-order valence-corrected chi connectivity index (χ0v) is 33.7. The van der Waals surface area contributed by atoms with Crippen LogP contribution in [0.2, 0.25) is 0 Å². The molecular formula is C36H48N3NaO12S. The number of alkyl carbamates (subject to hydrolysis) is 1. The van der Waals surface area contributed by atoms with Crippen LogP contribution in [-0.2, 0) is 33.3 Å². The summed E-state index contributed by atoms with van der Waals surface area (Å²) in [4.78, 5) is 62.5. The smallest absolute Gasteiger partial charge is 0.550 e. The minimum atomic E-state index is -2.24. The van der Waals surface area contributed by atoms with Crippen molar-refractivity contribution in [1.82, 2.24) is 16.0 Å². The van der Waals surface area contributed by atoms with E-state index < -0.39 is 84.6 Å². The van der Waals surface area contributed by atoms with Crippen molar-refractivity contribution >= 4 is 41.6 Å². The topological polar surface area (TPSA) is 222 Å². The Labute approximate surface area is 335 Å². The van der Waals surface area contributed by atoms with E-state index in [0.29, 0.717) is 23.5 Å². The second kappa shape index (κ2) is 21.6. The van der Waals surface area contributed by atoms with Crippen molar-refractivity contribution in [3.63, 3.8) is 0 Å². The Balaban J connectivity index is 0.00000972. The molecule has 286 valence electrons. The van der Waals surface area contributed by atoms with Crippen molar-refractivity contribution in [2.75, 3.05) is 31.8 Å². The van der Waals surface area contributed by atoms with Crippen LogP contribution in [-0.4, -0.2) is 114 Å². The molecule has 0 radical (unpaired) electrons. The monoisotopic (exact) mass is 769 g/mol. The van der Waals surface area contributed by atoms with Crippen LogP contribution in [0.25, 0.3) is 11.1 Å². The average molecular weight is 770 g/mol. The van der Waals surface area contributed by atoms with E-state index in [1.165, 1.54) is 18.7 Å². The first kappa shape index (κ1) is 45.9. The van der Waals surface area contributed by atoms with Crippen LogP contribution in [0.4, 0.5) is 4.79 Å². The number of carboxylic acids is 1. The number of rotatable bonds is 17. The van der Waals surface area contributed by atoms with Crippen molar-refractivity contribution in [3.8, 4) is 11.1 Å². The summed E-state index contributed by atoms with van der Waals surface area (Å²) in [6.07, 6.45) is -6.28. The normalized spacial score (nSPS) is 20.8. The minimum Gasteiger partial charge on any atom is -0.550 e. The molecule has 17 heteroatoms. The van der Waals surface area contributed by atoms with Crippen molar-refractivity contribution in [2.24, 2.45) is 0 Å². The number of amides is 3. The number of aliphatic hydroxyl groups is 2. The Morgan fingerprint density at radius 1 is 1.00 bits per heavy atom. The molecule has 0 unspecified atom stereocenters. The third-order valence-electron chi connectivity index (χ3n) is 7.85. The van der Waals surface area contributed by atoms with Gasteiger partial charge in [-0.15, -0.1) is 0 Å². The molecule has 6 atom stereocenters. The molecule has 2 aromatic rings. The van der Waals surface area contributed by atoms with E-state index in [9.17, 15) is 39.3 Å². The standard InChI is InChI=1S/C36H49N3O12S.Na/c1-22(40)38-29-26(39-34(47)51-35(2,3)4)20-36(33(46)48-5,49-17-9-18-52-19-16-28(42)43)50-31(29)30(44)27(41)21-37-32(45)25-14-12-24(13-15-25)23-10-7-6-8-11-23;/h6-8,10-15,26-27,29-31,41,44H,9,16-21H2,1-5H3,(H,37,45)(H,38,40)(H,39,47)(H,42,43);/q;+1/p-1/t26-,27+,29+,30+,31+,36+;/m0./s1. The number of hydrogen-bond acceptors (Lipinski definition) is 13. The SMILES string of the molecule is COC(=O)[C@@]1(OCCCSCCC(=O)[O-])C[C@H](NC(=O)OC(C)(C)C)[C@@H](NC(C)=O)[C@H]([C@H](O)[C@H](O)CNC(=O)c2ccc(-c3ccccc3)cc2)O1.[Na+]. The second-order valence-corrected chi connectivity index (χ2v) is 14.4. The fourth-order valence-corrected chi connectivity index (χ4v) is 6.30. The van der Waals surface area contributed by atoms with Gasteiger partial charge in [-0.1, -0.05) is 42.5 Å². The number of carbonyl (C=O) groups is 5. The molecule has 0 saturated carbocycles. The summed E-state index contributed by atoms with van der Waals surface area (Å²) in [5.74, 6) is -4.79. The number of benzene rings is 2. The fourth-order valence-electron chi connectivity index (χ4n) is 5.46. The molecule has 15 nitrogen and oxygen atoms in total. The molecule has 1 fully saturated rings. The van der Waals surface area contributed by atoms with E-state index in [1.807, 2.05) is 30.3 Å². The van der Waals surface area contributed by atoms with Gasteiger partial charge in [0.1, 0.15) is 17.8 Å². The van der Waals surface area contributed by atoms with Gasteiger partial charge in [-0.25, -0.2) is 9.59 Å². The molecule has 0 aromatic heterocycles. The summed E-state index contributed by atoms with van der Waals surface area (Å²) in [5.41, 5.74) is 1.24. The fraction of sp³-hybridized carbons (Fsp3) is 0.528. The van der Waals surface area contributed by atoms with E-state index >= 15 is 0 Å². The zero-order valence-electron chi connectivity index (χ0n) is 30.9. The average Bonchev–Trinajstić information content (AvgIpc) is 3.09. The van der Waals surface area contributed by atoms with E-state index in [0.717, 1.165) is 18.2 Å². The minimum absolute atomic E-state index is 0. The van der Waals surface area contributed by atoms with Crippen LogP contribution >= 0.6 is 11.8 Å². The van der Waals surface area contributed by atoms with E-state index in [-0.39, 0.29) is 42.6 Å². The first-order valence-corrected chi connectivity index (χ1v) is 17.9. The maximum atomic E-state index is 13.4. The van der Waals surface area contributed by atoms with Gasteiger partial charge in [-0.05, 0) is 68.4 Å². The molecule has 0 bridgehead atoms. The summed E-state index contributed by atoms with van der Waals surface area (Å²) in [6.45, 7) is 5.56. The number of aliphatic hydroxyl groups excluding tert-OH is 2. The number of aliphatic carboxylic acids is 1. The number of ether oxygens (including phenoxy) is 4. The van der Waals surface area contributed by atoms with Gasteiger partial charge in [-0.2, -0.15) is 11.8 Å². The molecule has 1 heterocycles. The van der Waals surface area contributed by atoms with Crippen LogP contribution in [0.3, 0.4) is 0 Å². The Morgan fingerprint density at radius 3 is 2.23 bits per heavy atom. The van der Waals surface area contributed by atoms with Gasteiger partial charge in [0.15, 0.2) is 0 Å². The third kappa shape index (κ3) is 14.5. The molecule has 3 rings (SSSR count). The number of carbonyl (C=O) groups excluding carboxylic acids is 5. The number of esters is 1. The van der Waals surface area contributed by atoms with Gasteiger partial charge < -0.3 is 55.0 Å². The van der Waals surface area contributed by atoms with Crippen molar-refractivity contribution in [2.45, 2.75) is 88.7 Å². The largest absolute Gasteiger partial charge is 1.00 e. The molecule has 1 aliphatic rings. The first-order valence-electron chi connectivity index (χ1n) is 16.8. The summed E-state index contributed by atoms with van der Waals surface area (Å²) in [6, 6.07) is 14.0. The molecule has 2 aromatic carbocycles. The van der Waals surface area contributed by atoms with E-state index in [1.54, 1.807) is 45.0 Å². The molecule has 0 aliphatic carbocycles. The Kier molecular flexibility index (Phi) is 18.7. The predicted octanol–water partition coefficient (Wildman–Crippen LogP) is -1.85. The Bertz CT molecular complexity index is 1510. The van der Waals surface area contributed by atoms with Crippen LogP contribution in [0.5, 0.6) is 0 Å². The van der Waals surface area contributed by atoms with Crippen LogP contribution in [0, 0.1) is 0 Å². The van der Waals surface area contributed by atoms with Gasteiger partial charge in [0.2, 0.25) is 5.91 Å². The van der Waals surface area contributed by atoms with Crippen LogP contribution in [0.15, 0.2) is 54.6 Å². The van der Waals surface area contributed by atoms with Crippen molar-refractivity contribution in [1.29, 1.82) is 0 Å². The second-order valence-electron chi connectivity index (χ2n) is 13.2. The summed E-state index contributed by atoms with van der Waals surface area (Å²) < 4.78 is 22.5. The van der Waals surface area contributed by atoms with Gasteiger partial charge in [0, 0.05) is 31.4 Å². The molecule has 1 aliphatic heterocycles. The summed E-state index contributed by atoms with van der Waals surface area (Å²) >= 11 is 1.33. The predicted molar refractivity (Wildman–Crippen MR) is 189 cm³/mol. The molecule has 53 heavy (non-hydrogen) atoms. The maximum absolute atomic E-state index is 13.4. The number of hydrogen-bond donors (Lipinski definition) is 5. The Hall–Kier alpha value is -3.22. The van der Waals surface area contributed by atoms with Crippen molar-refractivity contribution in [3.05, 3.63) is 60.2 Å². The van der Waals surface area contributed by atoms with Crippen LogP contribution in [0.1, 0.15) is 57.3 Å². The molecule has 1 saturated heterocycles. The van der Waals surface area contributed by atoms with Crippen LogP contribution < -0.4 is 50.6 Å². The van der Waals surface area contributed by atoms with Crippen molar-refractivity contribution < 1.29 is 87.8 Å². The quantitative estimate of drug-likeness (QED) is 0.0678. The maximum Gasteiger partial charge on any atom is 1.00 e. The molecular weight excluding hydrogens is 721 g/mol. The molecule has 0 spiro atoms. The number of thioether (sulfide) groups is 1. The summed E-state index contributed by atoms with van der Waals surface area (Å²) in [5, 5.41) is 41.2. The molecule has 3 amide bonds. The Morgan fingerprint density at radius 2 is 1.64 bits per heavy atom. The summed E-state index contributed by atoms with van der Waals surface area (Å²) in [7, 11) is 1.09.